The molecule has 1 rings (SSSR count). The summed E-state index contributed by atoms with van der Waals surface area (Å²) in [5.41, 5.74) is 0.878. The van der Waals surface area contributed by atoms with E-state index in [4.69, 9.17) is 0 Å². The molecule has 0 fully saturated rings. The number of aliphatic hydroxyl groups excluding tert-OH is 1. The van der Waals surface area contributed by atoms with Crippen LogP contribution in [-0.4, -0.2) is 10.1 Å². The van der Waals surface area contributed by atoms with Crippen LogP contribution in [0.15, 0.2) is 22.9 Å². The Balaban J connectivity index is 2.71. The van der Waals surface area contributed by atoms with Crippen molar-refractivity contribution in [3.63, 3.8) is 0 Å². The van der Waals surface area contributed by atoms with E-state index in [0.29, 0.717) is 5.92 Å². The molecular formula is C10H14BrNO. The molecule has 1 N–H and O–H groups in total. The molecule has 1 aromatic rings. The first-order valence-corrected chi connectivity index (χ1v) is 5.17. The van der Waals surface area contributed by atoms with Gasteiger partial charge >= 0.3 is 0 Å². The van der Waals surface area contributed by atoms with Gasteiger partial charge in [-0.2, -0.15) is 0 Å². The summed E-state index contributed by atoms with van der Waals surface area (Å²) < 4.78 is 0.910. The van der Waals surface area contributed by atoms with Crippen LogP contribution >= 0.6 is 15.9 Å². The number of pyridine rings is 1. The topological polar surface area (TPSA) is 33.1 Å². The molecule has 0 aliphatic heterocycles. The second-order valence-electron chi connectivity index (χ2n) is 3.58. The van der Waals surface area contributed by atoms with Gasteiger partial charge in [-0.05, 0) is 39.9 Å². The first kappa shape index (κ1) is 10.7. The number of halogens is 1. The van der Waals surface area contributed by atoms with Crippen molar-refractivity contribution in [2.45, 2.75) is 26.4 Å². The van der Waals surface area contributed by atoms with Crippen molar-refractivity contribution in [3.05, 3.63) is 28.5 Å². The summed E-state index contributed by atoms with van der Waals surface area (Å²) >= 11 is 3.32. The lowest BCUT2D eigenvalue weighted by Crippen LogP contribution is -2.02. The van der Waals surface area contributed by atoms with Crippen LogP contribution in [-0.2, 0) is 0 Å². The van der Waals surface area contributed by atoms with E-state index in [9.17, 15) is 5.11 Å². The minimum atomic E-state index is -0.398. The molecule has 0 aromatic carbocycles. The third kappa shape index (κ3) is 3.44. The predicted molar refractivity (Wildman–Crippen MR) is 56.4 cm³/mol. The minimum absolute atomic E-state index is 0.398. The highest BCUT2D eigenvalue weighted by molar-refractivity contribution is 9.10. The molecule has 0 saturated carbocycles. The largest absolute Gasteiger partial charge is 0.388 e. The Hall–Kier alpha value is -0.410. The van der Waals surface area contributed by atoms with Crippen molar-refractivity contribution < 1.29 is 5.11 Å². The third-order valence-electron chi connectivity index (χ3n) is 1.81. The number of hydrogen-bond donors (Lipinski definition) is 1. The summed E-state index contributed by atoms with van der Waals surface area (Å²) in [4.78, 5) is 4.01. The van der Waals surface area contributed by atoms with Gasteiger partial charge in [-0.3, -0.25) is 4.98 Å². The monoisotopic (exact) mass is 243 g/mol. The number of aliphatic hydroxyl groups is 1. The van der Waals surface area contributed by atoms with Crippen molar-refractivity contribution in [2.24, 2.45) is 5.92 Å². The molecule has 0 radical (unpaired) electrons. The van der Waals surface area contributed by atoms with Crippen LogP contribution in [0, 0.1) is 5.92 Å². The first-order chi connectivity index (χ1) is 6.09. The maximum Gasteiger partial charge on any atom is 0.0807 e. The number of aromatic nitrogens is 1. The summed E-state index contributed by atoms with van der Waals surface area (Å²) in [5, 5.41) is 9.75. The molecule has 0 amide bonds. The molecule has 0 aliphatic carbocycles. The van der Waals surface area contributed by atoms with Crippen LogP contribution < -0.4 is 0 Å². The maximum atomic E-state index is 9.75. The molecule has 13 heavy (non-hydrogen) atoms. The van der Waals surface area contributed by atoms with Crippen LogP contribution in [0.3, 0.4) is 0 Å². The van der Waals surface area contributed by atoms with Gasteiger partial charge in [-0.25, -0.2) is 0 Å². The lowest BCUT2D eigenvalue weighted by molar-refractivity contribution is 0.150. The average Bonchev–Trinajstić information content (AvgIpc) is 2.03. The Morgan fingerprint density at radius 1 is 1.46 bits per heavy atom. The molecule has 3 heteroatoms. The fourth-order valence-corrected chi connectivity index (χ4v) is 1.58. The highest BCUT2D eigenvalue weighted by atomic mass is 79.9. The van der Waals surface area contributed by atoms with E-state index in [1.54, 1.807) is 12.4 Å². The van der Waals surface area contributed by atoms with Crippen LogP contribution in [0.5, 0.6) is 0 Å². The van der Waals surface area contributed by atoms with Crippen LogP contribution in [0.25, 0.3) is 0 Å². The van der Waals surface area contributed by atoms with E-state index < -0.39 is 6.10 Å². The normalized spacial score (nSPS) is 13.3. The van der Waals surface area contributed by atoms with Gasteiger partial charge in [-0.15, -0.1) is 0 Å². The number of hydrogen-bond acceptors (Lipinski definition) is 2. The zero-order valence-corrected chi connectivity index (χ0v) is 9.45. The Labute approximate surface area is 87.1 Å². The van der Waals surface area contributed by atoms with E-state index >= 15 is 0 Å². The highest BCUT2D eigenvalue weighted by Crippen LogP contribution is 2.22. The predicted octanol–water partition coefficient (Wildman–Crippen LogP) is 2.92. The Morgan fingerprint density at radius 2 is 2.15 bits per heavy atom. The quantitative estimate of drug-likeness (QED) is 0.886. The van der Waals surface area contributed by atoms with Gasteiger partial charge in [0.1, 0.15) is 0 Å². The standard InChI is InChI=1S/C10H14BrNO/c1-7(2)3-10(13)8-4-9(11)6-12-5-8/h4-7,10,13H,3H2,1-2H3. The summed E-state index contributed by atoms with van der Waals surface area (Å²) in [6.45, 7) is 4.18. The van der Waals surface area contributed by atoms with Crippen molar-refractivity contribution in [3.8, 4) is 0 Å². The van der Waals surface area contributed by atoms with E-state index in [1.165, 1.54) is 0 Å². The van der Waals surface area contributed by atoms with Gasteiger partial charge in [0.2, 0.25) is 0 Å². The van der Waals surface area contributed by atoms with Gasteiger partial charge in [0.15, 0.2) is 0 Å². The molecule has 2 nitrogen and oxygen atoms in total. The fraction of sp³-hybridized carbons (Fsp3) is 0.500. The van der Waals surface area contributed by atoms with E-state index in [0.717, 1.165) is 16.5 Å². The summed E-state index contributed by atoms with van der Waals surface area (Å²) in [6.07, 6.45) is 3.80. The van der Waals surface area contributed by atoms with Gasteiger partial charge in [0.05, 0.1) is 6.10 Å². The van der Waals surface area contributed by atoms with E-state index in [1.807, 2.05) is 6.07 Å². The summed E-state index contributed by atoms with van der Waals surface area (Å²) in [7, 11) is 0. The van der Waals surface area contributed by atoms with Crippen molar-refractivity contribution in [1.82, 2.24) is 4.98 Å². The molecule has 72 valence electrons. The molecule has 1 atom stereocenters. The van der Waals surface area contributed by atoms with E-state index in [-0.39, 0.29) is 0 Å². The molecule has 0 spiro atoms. The zero-order valence-electron chi connectivity index (χ0n) is 7.87. The highest BCUT2D eigenvalue weighted by Gasteiger charge is 2.09. The van der Waals surface area contributed by atoms with Crippen LogP contribution in [0.4, 0.5) is 0 Å². The number of nitrogens with zero attached hydrogens (tertiary/aromatic N) is 1. The zero-order chi connectivity index (χ0) is 9.84. The van der Waals surface area contributed by atoms with E-state index in [2.05, 4.69) is 34.8 Å². The van der Waals surface area contributed by atoms with Gasteiger partial charge in [0, 0.05) is 16.9 Å². The third-order valence-corrected chi connectivity index (χ3v) is 2.24. The molecule has 0 bridgehead atoms. The van der Waals surface area contributed by atoms with Gasteiger partial charge in [-0.1, -0.05) is 13.8 Å². The molecule has 0 saturated heterocycles. The van der Waals surface area contributed by atoms with Gasteiger partial charge < -0.3 is 5.11 Å². The SMILES string of the molecule is CC(C)CC(O)c1cncc(Br)c1. The minimum Gasteiger partial charge on any atom is -0.388 e. The fourth-order valence-electron chi connectivity index (χ4n) is 1.19. The maximum absolute atomic E-state index is 9.75. The smallest absolute Gasteiger partial charge is 0.0807 e. The Morgan fingerprint density at radius 3 is 2.69 bits per heavy atom. The average molecular weight is 244 g/mol. The molecule has 1 aromatic heterocycles. The summed E-state index contributed by atoms with van der Waals surface area (Å²) in [6, 6.07) is 1.90. The lowest BCUT2D eigenvalue weighted by atomic mass is 10.0. The Kier molecular flexibility index (Phi) is 3.88. The molecule has 1 heterocycles. The first-order valence-electron chi connectivity index (χ1n) is 4.38. The number of rotatable bonds is 3. The second kappa shape index (κ2) is 4.72. The van der Waals surface area contributed by atoms with Crippen molar-refractivity contribution in [2.75, 3.05) is 0 Å². The second-order valence-corrected chi connectivity index (χ2v) is 4.50. The van der Waals surface area contributed by atoms with Gasteiger partial charge in [0.25, 0.3) is 0 Å². The van der Waals surface area contributed by atoms with Crippen LogP contribution in [0.2, 0.25) is 0 Å². The summed E-state index contributed by atoms with van der Waals surface area (Å²) in [5.74, 6) is 0.494. The lowest BCUT2D eigenvalue weighted by Gasteiger charge is -2.12. The molecule has 0 aliphatic rings. The van der Waals surface area contributed by atoms with Crippen molar-refractivity contribution in [1.29, 1.82) is 0 Å². The molecular weight excluding hydrogens is 230 g/mol. The molecule has 1 unspecified atom stereocenters. The van der Waals surface area contributed by atoms with Crippen LogP contribution in [0.1, 0.15) is 31.9 Å². The Bertz CT molecular complexity index is 275. The van der Waals surface area contributed by atoms with Crippen molar-refractivity contribution >= 4 is 15.9 Å².